The Bertz CT molecular complexity index is 274. The first-order chi connectivity index (χ1) is 5.75. The van der Waals surface area contributed by atoms with E-state index in [0.29, 0.717) is 5.57 Å². The number of aliphatic hydroxyl groups is 1. The van der Waals surface area contributed by atoms with Gasteiger partial charge in [0.2, 0.25) is 0 Å². The van der Waals surface area contributed by atoms with Crippen molar-refractivity contribution in [1.29, 1.82) is 0 Å². The van der Waals surface area contributed by atoms with Gasteiger partial charge in [-0.25, -0.2) is 0 Å². The highest BCUT2D eigenvalue weighted by atomic mass is 16.3. The van der Waals surface area contributed by atoms with E-state index in [1.54, 1.807) is 6.08 Å². The largest absolute Gasteiger partial charge is 0.384 e. The Kier molecular flexibility index (Phi) is 2.83. The molecular formula is C11H12O. The zero-order valence-electron chi connectivity index (χ0n) is 6.90. The van der Waals surface area contributed by atoms with Crippen molar-refractivity contribution in [2.75, 3.05) is 0 Å². The molecule has 62 valence electrons. The van der Waals surface area contributed by atoms with Crippen LogP contribution in [0.3, 0.4) is 0 Å². The van der Waals surface area contributed by atoms with Gasteiger partial charge in [0.1, 0.15) is 6.10 Å². The third kappa shape index (κ3) is 1.83. The third-order valence-corrected chi connectivity index (χ3v) is 1.73. The average molecular weight is 160 g/mol. The molecule has 0 saturated carbocycles. The predicted molar refractivity (Wildman–Crippen MR) is 50.7 cm³/mol. The molecule has 0 heterocycles. The highest BCUT2D eigenvalue weighted by Crippen LogP contribution is 2.19. The van der Waals surface area contributed by atoms with Gasteiger partial charge >= 0.3 is 0 Å². The van der Waals surface area contributed by atoms with Crippen molar-refractivity contribution in [1.82, 2.24) is 0 Å². The van der Waals surface area contributed by atoms with E-state index in [-0.39, 0.29) is 0 Å². The lowest BCUT2D eigenvalue weighted by Crippen LogP contribution is -1.97. The van der Waals surface area contributed by atoms with Crippen LogP contribution in [-0.2, 0) is 0 Å². The van der Waals surface area contributed by atoms with Gasteiger partial charge in [-0.15, -0.1) is 0 Å². The van der Waals surface area contributed by atoms with Crippen LogP contribution in [0.5, 0.6) is 0 Å². The predicted octanol–water partition coefficient (Wildman–Crippen LogP) is 2.46. The molecule has 1 rings (SSSR count). The lowest BCUT2D eigenvalue weighted by Gasteiger charge is -2.09. The molecule has 1 aromatic carbocycles. The highest BCUT2D eigenvalue weighted by molar-refractivity contribution is 5.29. The smallest absolute Gasteiger partial charge is 0.103 e. The fraction of sp³-hybridized carbons (Fsp3) is 0.0909. The van der Waals surface area contributed by atoms with Crippen LogP contribution in [0.1, 0.15) is 11.7 Å². The van der Waals surface area contributed by atoms with Gasteiger partial charge < -0.3 is 5.11 Å². The van der Waals surface area contributed by atoms with E-state index >= 15 is 0 Å². The summed E-state index contributed by atoms with van der Waals surface area (Å²) in [7, 11) is 0. The summed E-state index contributed by atoms with van der Waals surface area (Å²) < 4.78 is 0. The van der Waals surface area contributed by atoms with Gasteiger partial charge in [-0.3, -0.25) is 0 Å². The maximum absolute atomic E-state index is 9.62. The minimum atomic E-state index is -0.622. The number of benzene rings is 1. The lowest BCUT2D eigenvalue weighted by molar-refractivity contribution is 0.220. The second kappa shape index (κ2) is 3.88. The van der Waals surface area contributed by atoms with Crippen LogP contribution in [0.25, 0.3) is 0 Å². The Morgan fingerprint density at radius 3 is 2.42 bits per heavy atom. The first-order valence-electron chi connectivity index (χ1n) is 3.80. The van der Waals surface area contributed by atoms with Crippen LogP contribution >= 0.6 is 0 Å². The summed E-state index contributed by atoms with van der Waals surface area (Å²) in [6.45, 7) is 7.23. The Morgan fingerprint density at radius 1 is 1.33 bits per heavy atom. The Hall–Kier alpha value is -1.34. The molecule has 12 heavy (non-hydrogen) atoms. The van der Waals surface area contributed by atoms with Crippen LogP contribution in [-0.4, -0.2) is 5.11 Å². The van der Waals surface area contributed by atoms with Gasteiger partial charge in [-0.05, 0) is 11.1 Å². The fourth-order valence-electron chi connectivity index (χ4n) is 0.961. The highest BCUT2D eigenvalue weighted by Gasteiger charge is 2.06. The average Bonchev–Trinajstić information content (AvgIpc) is 2.17. The van der Waals surface area contributed by atoms with Crippen molar-refractivity contribution in [2.24, 2.45) is 0 Å². The molecule has 1 heteroatoms. The molecule has 0 radical (unpaired) electrons. The topological polar surface area (TPSA) is 20.2 Å². The Balaban J connectivity index is 2.85. The van der Waals surface area contributed by atoms with Crippen molar-refractivity contribution in [3.63, 3.8) is 0 Å². The molecule has 1 N–H and O–H groups in total. The van der Waals surface area contributed by atoms with Gasteiger partial charge in [0.25, 0.3) is 0 Å². The summed E-state index contributed by atoms with van der Waals surface area (Å²) in [5.74, 6) is 0. The summed E-state index contributed by atoms with van der Waals surface area (Å²) in [6.07, 6.45) is 0.946. The minimum absolute atomic E-state index is 0.622. The third-order valence-electron chi connectivity index (χ3n) is 1.73. The maximum atomic E-state index is 9.62. The first kappa shape index (κ1) is 8.75. The van der Waals surface area contributed by atoms with Crippen LogP contribution in [0.2, 0.25) is 0 Å². The summed E-state index contributed by atoms with van der Waals surface area (Å²) in [4.78, 5) is 0. The number of hydrogen-bond acceptors (Lipinski definition) is 1. The van der Waals surface area contributed by atoms with Crippen molar-refractivity contribution in [3.8, 4) is 0 Å². The number of aliphatic hydroxyl groups excluding tert-OH is 1. The Morgan fingerprint density at radius 2 is 1.92 bits per heavy atom. The first-order valence-corrected chi connectivity index (χ1v) is 3.80. The normalized spacial score (nSPS) is 12.1. The molecule has 0 bridgehead atoms. The summed E-state index contributed by atoms with van der Waals surface area (Å²) >= 11 is 0. The Labute approximate surface area is 72.7 Å². The van der Waals surface area contributed by atoms with Crippen LogP contribution in [0, 0.1) is 0 Å². The summed E-state index contributed by atoms with van der Waals surface area (Å²) in [6, 6.07) is 9.40. The monoisotopic (exact) mass is 160 g/mol. The van der Waals surface area contributed by atoms with Crippen molar-refractivity contribution >= 4 is 0 Å². The van der Waals surface area contributed by atoms with Gasteiger partial charge in [-0.2, -0.15) is 0 Å². The standard InChI is InChI=1S/C11H12O/c1-3-9(2)11(12)10-7-5-4-6-8-10/h3-8,11-12H,1-2H2/t11-/m1/s1. The molecular weight excluding hydrogens is 148 g/mol. The number of hydrogen-bond donors (Lipinski definition) is 1. The molecule has 0 spiro atoms. The molecule has 0 saturated heterocycles. The molecule has 0 aliphatic rings. The van der Waals surface area contributed by atoms with Gasteiger partial charge in [-0.1, -0.05) is 49.6 Å². The van der Waals surface area contributed by atoms with Crippen LogP contribution in [0.4, 0.5) is 0 Å². The van der Waals surface area contributed by atoms with Gasteiger partial charge in [0.05, 0.1) is 0 Å². The van der Waals surface area contributed by atoms with E-state index in [1.165, 1.54) is 0 Å². The minimum Gasteiger partial charge on any atom is -0.384 e. The molecule has 0 unspecified atom stereocenters. The van der Waals surface area contributed by atoms with E-state index < -0.39 is 6.10 Å². The SMILES string of the molecule is C=CC(=C)[C@@H](O)c1ccccc1. The second-order valence-electron chi connectivity index (χ2n) is 2.59. The van der Waals surface area contributed by atoms with E-state index in [9.17, 15) is 5.11 Å². The van der Waals surface area contributed by atoms with Crippen molar-refractivity contribution in [2.45, 2.75) is 6.10 Å². The van der Waals surface area contributed by atoms with Gasteiger partial charge in [0, 0.05) is 0 Å². The van der Waals surface area contributed by atoms with E-state index in [0.717, 1.165) is 5.56 Å². The maximum Gasteiger partial charge on any atom is 0.103 e. The molecule has 1 atom stereocenters. The van der Waals surface area contributed by atoms with E-state index in [2.05, 4.69) is 13.2 Å². The zero-order valence-corrected chi connectivity index (χ0v) is 6.90. The van der Waals surface area contributed by atoms with E-state index in [4.69, 9.17) is 0 Å². The molecule has 0 aromatic heterocycles. The number of rotatable bonds is 3. The van der Waals surface area contributed by atoms with Crippen LogP contribution < -0.4 is 0 Å². The van der Waals surface area contributed by atoms with Crippen LogP contribution in [0.15, 0.2) is 55.1 Å². The molecule has 0 aliphatic carbocycles. The molecule has 0 fully saturated rings. The fourth-order valence-corrected chi connectivity index (χ4v) is 0.961. The van der Waals surface area contributed by atoms with E-state index in [1.807, 2.05) is 30.3 Å². The zero-order chi connectivity index (χ0) is 8.97. The molecule has 0 amide bonds. The molecule has 1 nitrogen and oxygen atoms in total. The summed E-state index contributed by atoms with van der Waals surface area (Å²) in [5.41, 5.74) is 1.48. The van der Waals surface area contributed by atoms with Crippen molar-refractivity contribution < 1.29 is 5.11 Å². The molecule has 0 aliphatic heterocycles. The summed E-state index contributed by atoms with van der Waals surface area (Å²) in [5, 5.41) is 9.62. The van der Waals surface area contributed by atoms with Gasteiger partial charge in [0.15, 0.2) is 0 Å². The molecule has 1 aromatic rings. The quantitative estimate of drug-likeness (QED) is 0.673. The lowest BCUT2D eigenvalue weighted by atomic mass is 10.0. The second-order valence-corrected chi connectivity index (χ2v) is 2.59. The van der Waals surface area contributed by atoms with Crippen molar-refractivity contribution in [3.05, 3.63) is 60.7 Å².